The number of thiophene rings is 2. The van der Waals surface area contributed by atoms with E-state index < -0.39 is 0 Å². The van der Waals surface area contributed by atoms with Crippen LogP contribution in [0.4, 0.5) is 5.69 Å². The molecule has 0 bridgehead atoms. The number of hydrogen-bond donors (Lipinski definition) is 0. The van der Waals surface area contributed by atoms with E-state index in [0.29, 0.717) is 0 Å². The summed E-state index contributed by atoms with van der Waals surface area (Å²) < 4.78 is 0. The second-order valence-electron chi connectivity index (χ2n) is 5.08. The third-order valence-corrected chi connectivity index (χ3v) is 5.82. The molecular weight excluding hydrogens is 332 g/mol. The van der Waals surface area contributed by atoms with Crippen LogP contribution in [-0.2, 0) is 0 Å². The number of rotatable bonds is 3. The first-order chi connectivity index (χ1) is 10.8. The molecule has 2 nitrogen and oxygen atoms in total. The highest BCUT2D eigenvalue weighted by atomic mass is 35.5. The first-order valence-electron chi connectivity index (χ1n) is 7.01. The maximum absolute atomic E-state index is 6.01. The van der Waals surface area contributed by atoms with Crippen LogP contribution in [-0.4, -0.2) is 5.71 Å². The van der Waals surface area contributed by atoms with Crippen molar-refractivity contribution < 1.29 is 0 Å². The van der Waals surface area contributed by atoms with E-state index in [4.69, 9.17) is 16.7 Å². The zero-order valence-electron chi connectivity index (χ0n) is 11.6. The molecule has 0 saturated carbocycles. The maximum atomic E-state index is 6.01. The largest absolute Gasteiger partial charge is 0.257 e. The summed E-state index contributed by atoms with van der Waals surface area (Å²) >= 11 is 9.54. The summed E-state index contributed by atoms with van der Waals surface area (Å²) in [6, 6.07) is 16.7. The van der Waals surface area contributed by atoms with Gasteiger partial charge >= 0.3 is 0 Å². The molecule has 0 N–H and O–H groups in total. The Labute approximate surface area is 142 Å². The molecule has 0 spiro atoms. The Bertz CT molecular complexity index is 777. The predicted molar refractivity (Wildman–Crippen MR) is 96.5 cm³/mol. The highest BCUT2D eigenvalue weighted by Gasteiger charge is 2.30. The zero-order chi connectivity index (χ0) is 14.9. The minimum absolute atomic E-state index is 0.262. The van der Waals surface area contributed by atoms with Gasteiger partial charge in [0.1, 0.15) is 0 Å². The fourth-order valence-corrected chi connectivity index (χ4v) is 4.30. The molecule has 110 valence electrons. The van der Waals surface area contributed by atoms with E-state index in [1.54, 1.807) is 22.7 Å². The van der Waals surface area contributed by atoms with Crippen molar-refractivity contribution in [2.24, 2.45) is 5.10 Å². The van der Waals surface area contributed by atoms with E-state index in [-0.39, 0.29) is 6.04 Å². The number of nitrogens with zero attached hydrogens (tertiary/aromatic N) is 2. The van der Waals surface area contributed by atoms with Gasteiger partial charge in [-0.2, -0.15) is 5.10 Å². The molecule has 5 heteroatoms. The topological polar surface area (TPSA) is 15.6 Å². The van der Waals surface area contributed by atoms with E-state index in [1.807, 2.05) is 24.3 Å². The van der Waals surface area contributed by atoms with Gasteiger partial charge in [0.25, 0.3) is 0 Å². The fraction of sp³-hybridized carbons (Fsp3) is 0.118. The molecule has 1 atom stereocenters. The van der Waals surface area contributed by atoms with Crippen molar-refractivity contribution in [3.05, 3.63) is 74.1 Å². The average Bonchev–Trinajstić information content (AvgIpc) is 3.27. The zero-order valence-corrected chi connectivity index (χ0v) is 14.0. The van der Waals surface area contributed by atoms with E-state index in [2.05, 4.69) is 40.0 Å². The molecule has 0 saturated heterocycles. The highest BCUT2D eigenvalue weighted by Crippen LogP contribution is 2.39. The quantitative estimate of drug-likeness (QED) is 0.584. The van der Waals surface area contributed by atoms with Gasteiger partial charge in [-0.05, 0) is 47.2 Å². The van der Waals surface area contributed by atoms with Gasteiger partial charge in [0.05, 0.1) is 22.3 Å². The van der Waals surface area contributed by atoms with Crippen LogP contribution < -0.4 is 5.01 Å². The summed E-state index contributed by atoms with van der Waals surface area (Å²) in [5.41, 5.74) is 2.23. The van der Waals surface area contributed by atoms with Crippen molar-refractivity contribution in [2.75, 3.05) is 5.01 Å². The molecule has 0 fully saturated rings. The third kappa shape index (κ3) is 2.58. The standard InChI is InChI=1S/C17H13ClN2S2/c18-12-5-7-13(8-6-12)20-15(17-4-2-10-22-17)11-14(19-20)16-3-1-9-21-16/h1-10,15H,11H2/t15-/m1/s1. The molecule has 0 unspecified atom stereocenters. The smallest absolute Gasteiger partial charge is 0.0923 e. The summed E-state index contributed by atoms with van der Waals surface area (Å²) in [5.74, 6) is 0. The van der Waals surface area contributed by atoms with Crippen molar-refractivity contribution >= 4 is 45.7 Å². The van der Waals surface area contributed by atoms with Crippen LogP contribution in [0.25, 0.3) is 0 Å². The van der Waals surface area contributed by atoms with Crippen LogP contribution in [0.5, 0.6) is 0 Å². The van der Waals surface area contributed by atoms with Gasteiger partial charge in [0.15, 0.2) is 0 Å². The van der Waals surface area contributed by atoms with Gasteiger partial charge in [0.2, 0.25) is 0 Å². The molecule has 0 aliphatic carbocycles. The molecule has 3 aromatic rings. The van der Waals surface area contributed by atoms with E-state index in [9.17, 15) is 0 Å². The van der Waals surface area contributed by atoms with Crippen molar-refractivity contribution in [3.63, 3.8) is 0 Å². The molecule has 0 amide bonds. The Balaban J connectivity index is 1.74. The van der Waals surface area contributed by atoms with Crippen LogP contribution in [0.2, 0.25) is 5.02 Å². The van der Waals surface area contributed by atoms with Crippen molar-refractivity contribution in [1.82, 2.24) is 0 Å². The van der Waals surface area contributed by atoms with E-state index >= 15 is 0 Å². The molecule has 0 radical (unpaired) electrons. The Hall–Kier alpha value is -1.62. The number of halogens is 1. The number of hydrazone groups is 1. The monoisotopic (exact) mass is 344 g/mol. The Morgan fingerprint density at radius 3 is 2.45 bits per heavy atom. The summed E-state index contributed by atoms with van der Waals surface area (Å²) in [6.45, 7) is 0. The van der Waals surface area contributed by atoms with Gasteiger partial charge in [-0.3, -0.25) is 5.01 Å². The predicted octanol–water partition coefficient (Wildman–Crippen LogP) is 5.82. The SMILES string of the molecule is Clc1ccc(N2N=C(c3cccs3)C[C@@H]2c2cccs2)cc1. The van der Waals surface area contributed by atoms with E-state index in [1.165, 1.54) is 9.75 Å². The Kier molecular flexibility index (Phi) is 3.74. The Morgan fingerprint density at radius 1 is 1.00 bits per heavy atom. The van der Waals surface area contributed by atoms with Gasteiger partial charge in [-0.25, -0.2) is 0 Å². The van der Waals surface area contributed by atoms with Gasteiger partial charge in [-0.15, -0.1) is 22.7 Å². The van der Waals surface area contributed by atoms with Gasteiger partial charge < -0.3 is 0 Å². The molecular formula is C17H13ClN2S2. The van der Waals surface area contributed by atoms with Crippen LogP contribution >= 0.6 is 34.3 Å². The summed E-state index contributed by atoms with van der Waals surface area (Å²) in [4.78, 5) is 2.59. The summed E-state index contributed by atoms with van der Waals surface area (Å²) in [5, 5.41) is 12.0. The molecule has 1 aliphatic rings. The first kappa shape index (κ1) is 14.0. The minimum Gasteiger partial charge on any atom is -0.257 e. The second kappa shape index (κ2) is 5.88. The first-order valence-corrected chi connectivity index (χ1v) is 9.14. The lowest BCUT2D eigenvalue weighted by atomic mass is 10.1. The lowest BCUT2D eigenvalue weighted by molar-refractivity contribution is 0.722. The fourth-order valence-electron chi connectivity index (χ4n) is 2.64. The molecule has 22 heavy (non-hydrogen) atoms. The normalized spacial score (nSPS) is 17.8. The molecule has 3 heterocycles. The van der Waals surface area contributed by atoms with Gasteiger partial charge in [0, 0.05) is 16.3 Å². The average molecular weight is 345 g/mol. The molecule has 4 rings (SSSR count). The summed E-state index contributed by atoms with van der Waals surface area (Å²) in [6.07, 6.45) is 0.934. The number of hydrogen-bond acceptors (Lipinski definition) is 4. The molecule has 1 aromatic carbocycles. The van der Waals surface area contributed by atoms with Crippen LogP contribution in [0.15, 0.2) is 64.4 Å². The number of benzene rings is 1. The lowest BCUT2D eigenvalue weighted by Gasteiger charge is -2.22. The lowest BCUT2D eigenvalue weighted by Crippen LogP contribution is -2.17. The Morgan fingerprint density at radius 2 is 1.77 bits per heavy atom. The van der Waals surface area contributed by atoms with E-state index in [0.717, 1.165) is 22.8 Å². The van der Waals surface area contributed by atoms with Crippen LogP contribution in [0.3, 0.4) is 0 Å². The second-order valence-corrected chi connectivity index (χ2v) is 7.44. The number of anilines is 1. The van der Waals surface area contributed by atoms with Crippen LogP contribution in [0, 0.1) is 0 Å². The van der Waals surface area contributed by atoms with Crippen LogP contribution in [0.1, 0.15) is 22.2 Å². The van der Waals surface area contributed by atoms with Crippen molar-refractivity contribution in [3.8, 4) is 0 Å². The third-order valence-electron chi connectivity index (χ3n) is 3.68. The minimum atomic E-state index is 0.262. The van der Waals surface area contributed by atoms with Crippen molar-refractivity contribution in [2.45, 2.75) is 12.5 Å². The highest BCUT2D eigenvalue weighted by molar-refractivity contribution is 7.12. The molecule has 2 aromatic heterocycles. The molecule has 1 aliphatic heterocycles. The van der Waals surface area contributed by atoms with Crippen molar-refractivity contribution in [1.29, 1.82) is 0 Å². The maximum Gasteiger partial charge on any atom is 0.0923 e. The summed E-state index contributed by atoms with van der Waals surface area (Å²) in [7, 11) is 0. The van der Waals surface area contributed by atoms with Gasteiger partial charge in [-0.1, -0.05) is 23.7 Å².